The maximum Gasteiger partial charge on any atom is 0.336 e. The molecule has 0 atom stereocenters. The first-order valence-electron chi connectivity index (χ1n) is 9.85. The number of esters is 1. The van der Waals surface area contributed by atoms with Gasteiger partial charge >= 0.3 is 11.6 Å². The fraction of sp³-hybridized carbons (Fsp3) is 0.304. The van der Waals surface area contributed by atoms with E-state index >= 15 is 0 Å². The highest BCUT2D eigenvalue weighted by atomic mass is 32.2. The molecule has 30 heavy (non-hydrogen) atoms. The van der Waals surface area contributed by atoms with Crippen molar-refractivity contribution >= 4 is 26.8 Å². The van der Waals surface area contributed by atoms with Crippen LogP contribution in [0, 0.1) is 6.92 Å². The molecule has 0 bridgehead atoms. The molecule has 0 fully saturated rings. The van der Waals surface area contributed by atoms with E-state index in [1.165, 1.54) is 29.3 Å². The summed E-state index contributed by atoms with van der Waals surface area (Å²) in [5.41, 5.74) is 3.89. The molecular weight excluding hydrogens is 404 g/mol. The average Bonchev–Trinajstić information content (AvgIpc) is 3.16. The van der Waals surface area contributed by atoms with Crippen LogP contribution in [-0.4, -0.2) is 20.1 Å². The third kappa shape index (κ3) is 4.31. The quantitative estimate of drug-likeness (QED) is 0.443. The number of rotatable bonds is 6. The van der Waals surface area contributed by atoms with Gasteiger partial charge in [0.25, 0.3) is 0 Å². The average molecular weight is 426 g/mol. The van der Waals surface area contributed by atoms with E-state index in [0.717, 1.165) is 30.2 Å². The summed E-state index contributed by atoms with van der Waals surface area (Å²) in [6, 6.07) is 11.7. The van der Waals surface area contributed by atoms with Crippen LogP contribution >= 0.6 is 0 Å². The Morgan fingerprint density at radius 1 is 1.07 bits per heavy atom. The predicted molar refractivity (Wildman–Crippen MR) is 112 cm³/mol. The van der Waals surface area contributed by atoms with Crippen LogP contribution in [0.4, 0.5) is 0 Å². The van der Waals surface area contributed by atoms with E-state index in [9.17, 15) is 18.0 Å². The van der Waals surface area contributed by atoms with Crippen molar-refractivity contribution in [3.05, 3.63) is 75.1 Å². The second kappa shape index (κ2) is 8.07. The molecule has 7 heteroatoms. The second-order valence-corrected chi connectivity index (χ2v) is 9.71. The fourth-order valence-electron chi connectivity index (χ4n) is 3.73. The first kappa shape index (κ1) is 20.3. The molecule has 0 radical (unpaired) electrons. The highest BCUT2D eigenvalue weighted by Crippen LogP contribution is 2.28. The Morgan fingerprint density at radius 2 is 1.77 bits per heavy atom. The van der Waals surface area contributed by atoms with Gasteiger partial charge in [0, 0.05) is 17.0 Å². The van der Waals surface area contributed by atoms with Crippen molar-refractivity contribution in [2.75, 3.05) is 5.75 Å². The van der Waals surface area contributed by atoms with Gasteiger partial charge in [0.15, 0.2) is 9.84 Å². The summed E-state index contributed by atoms with van der Waals surface area (Å²) in [7, 11) is -3.57. The summed E-state index contributed by atoms with van der Waals surface area (Å²) in [4.78, 5) is 24.3. The van der Waals surface area contributed by atoms with Crippen molar-refractivity contribution in [3.8, 4) is 0 Å². The van der Waals surface area contributed by atoms with E-state index < -0.39 is 21.4 Å². The Morgan fingerprint density at radius 3 is 2.50 bits per heavy atom. The standard InChI is InChI=1S/C23H22O6S/c1-15-5-7-19(8-6-15)30(26,27)10-9-22(24)28-14-18-13-23(25)29-21-12-17-4-2-3-16(17)11-20(18)21/h5-8,11-13H,2-4,9-10,14H2,1H3. The highest BCUT2D eigenvalue weighted by molar-refractivity contribution is 7.91. The van der Waals surface area contributed by atoms with E-state index in [1.54, 1.807) is 12.1 Å². The molecule has 0 unspecified atom stereocenters. The lowest BCUT2D eigenvalue weighted by atomic mass is 10.0. The predicted octanol–water partition coefficient (Wildman–Crippen LogP) is 3.50. The number of aryl methyl sites for hydroxylation is 3. The summed E-state index contributed by atoms with van der Waals surface area (Å²) in [6.07, 6.45) is 2.74. The number of carbonyl (C=O) groups excluding carboxylic acids is 1. The molecular formula is C23H22O6S. The van der Waals surface area contributed by atoms with Crippen molar-refractivity contribution in [2.45, 2.75) is 44.1 Å². The monoisotopic (exact) mass is 426 g/mol. The zero-order valence-corrected chi connectivity index (χ0v) is 17.5. The lowest BCUT2D eigenvalue weighted by molar-refractivity contribution is -0.144. The zero-order chi connectivity index (χ0) is 21.3. The van der Waals surface area contributed by atoms with Crippen LogP contribution in [-0.2, 0) is 38.8 Å². The van der Waals surface area contributed by atoms with Crippen molar-refractivity contribution in [1.82, 2.24) is 0 Å². The second-order valence-electron chi connectivity index (χ2n) is 7.60. The summed E-state index contributed by atoms with van der Waals surface area (Å²) in [6.45, 7) is 1.76. The number of hydrogen-bond acceptors (Lipinski definition) is 6. The Bertz CT molecular complexity index is 1270. The largest absolute Gasteiger partial charge is 0.461 e. The van der Waals surface area contributed by atoms with Crippen molar-refractivity contribution in [1.29, 1.82) is 0 Å². The van der Waals surface area contributed by atoms with Gasteiger partial charge in [-0.3, -0.25) is 4.79 Å². The number of benzene rings is 2. The molecule has 1 aliphatic rings. The number of sulfone groups is 1. The molecule has 156 valence electrons. The Kier molecular flexibility index (Phi) is 5.47. The van der Waals surface area contributed by atoms with Crippen LogP contribution in [0.25, 0.3) is 11.0 Å². The Labute approximate surface area is 174 Å². The highest BCUT2D eigenvalue weighted by Gasteiger charge is 2.19. The molecule has 4 rings (SSSR count). The van der Waals surface area contributed by atoms with Gasteiger partial charge in [0.2, 0.25) is 0 Å². The van der Waals surface area contributed by atoms with E-state index in [4.69, 9.17) is 9.15 Å². The molecule has 0 amide bonds. The third-order valence-electron chi connectivity index (χ3n) is 5.39. The summed E-state index contributed by atoms with van der Waals surface area (Å²) >= 11 is 0. The van der Waals surface area contributed by atoms with E-state index in [-0.39, 0.29) is 23.7 Å². The number of ether oxygens (including phenoxy) is 1. The van der Waals surface area contributed by atoms with E-state index in [0.29, 0.717) is 11.1 Å². The minimum atomic E-state index is -3.57. The van der Waals surface area contributed by atoms with Gasteiger partial charge in [-0.05, 0) is 61.6 Å². The van der Waals surface area contributed by atoms with Gasteiger partial charge < -0.3 is 9.15 Å². The van der Waals surface area contributed by atoms with Crippen LogP contribution in [0.1, 0.15) is 35.1 Å². The number of hydrogen-bond donors (Lipinski definition) is 0. The SMILES string of the molecule is Cc1ccc(S(=O)(=O)CCC(=O)OCc2cc(=O)oc3cc4c(cc23)CCC4)cc1. The molecule has 2 aromatic carbocycles. The maximum atomic E-state index is 12.4. The Balaban J connectivity index is 1.44. The molecule has 6 nitrogen and oxygen atoms in total. The lowest BCUT2D eigenvalue weighted by Gasteiger charge is -2.09. The minimum absolute atomic E-state index is 0.107. The number of fused-ring (bicyclic) bond motifs is 2. The molecule has 3 aromatic rings. The summed E-state index contributed by atoms with van der Waals surface area (Å²) < 4.78 is 35.4. The molecule has 0 aliphatic heterocycles. The summed E-state index contributed by atoms with van der Waals surface area (Å²) in [5, 5.41) is 0.746. The first-order chi connectivity index (χ1) is 14.3. The van der Waals surface area contributed by atoms with Crippen LogP contribution < -0.4 is 5.63 Å². The topological polar surface area (TPSA) is 90.6 Å². The number of carbonyl (C=O) groups is 1. The maximum absolute atomic E-state index is 12.4. The smallest absolute Gasteiger partial charge is 0.336 e. The molecule has 1 aromatic heterocycles. The van der Waals surface area contributed by atoms with Gasteiger partial charge in [-0.25, -0.2) is 13.2 Å². The normalized spacial score (nSPS) is 13.4. The van der Waals surface area contributed by atoms with Gasteiger partial charge in [-0.1, -0.05) is 17.7 Å². The molecule has 0 spiro atoms. The Hall–Kier alpha value is -2.93. The van der Waals surface area contributed by atoms with Crippen molar-refractivity contribution in [3.63, 3.8) is 0 Å². The fourth-order valence-corrected chi connectivity index (χ4v) is 4.95. The van der Waals surface area contributed by atoms with Crippen molar-refractivity contribution < 1.29 is 22.4 Å². The molecule has 1 aliphatic carbocycles. The van der Waals surface area contributed by atoms with E-state index in [2.05, 4.69) is 0 Å². The van der Waals surface area contributed by atoms with Gasteiger partial charge in [0.05, 0.1) is 17.1 Å². The molecule has 1 heterocycles. The molecule has 0 N–H and O–H groups in total. The van der Waals surface area contributed by atoms with Crippen LogP contribution in [0.3, 0.4) is 0 Å². The van der Waals surface area contributed by atoms with Crippen LogP contribution in [0.5, 0.6) is 0 Å². The lowest BCUT2D eigenvalue weighted by Crippen LogP contribution is -2.14. The van der Waals surface area contributed by atoms with Crippen LogP contribution in [0.15, 0.2) is 56.6 Å². The van der Waals surface area contributed by atoms with Gasteiger partial charge in [-0.2, -0.15) is 0 Å². The van der Waals surface area contributed by atoms with Gasteiger partial charge in [0.1, 0.15) is 12.2 Å². The molecule has 0 saturated heterocycles. The van der Waals surface area contributed by atoms with Crippen LogP contribution in [0.2, 0.25) is 0 Å². The zero-order valence-electron chi connectivity index (χ0n) is 16.6. The van der Waals surface area contributed by atoms with Crippen molar-refractivity contribution in [2.24, 2.45) is 0 Å². The van der Waals surface area contributed by atoms with Gasteiger partial charge in [-0.15, -0.1) is 0 Å². The van der Waals surface area contributed by atoms with E-state index in [1.807, 2.05) is 19.1 Å². The minimum Gasteiger partial charge on any atom is -0.461 e. The molecule has 0 saturated carbocycles. The third-order valence-corrected chi connectivity index (χ3v) is 7.12. The first-order valence-corrected chi connectivity index (χ1v) is 11.5. The summed E-state index contributed by atoms with van der Waals surface area (Å²) in [5.74, 6) is -0.965.